The van der Waals surface area contributed by atoms with Crippen molar-refractivity contribution in [3.63, 3.8) is 0 Å². The number of Topliss-reactive ketones (excluding diaryl/α,β-unsaturated/α-hetero) is 1. The number of carbonyl (C=O) groups is 1. The molecule has 0 heterocycles. The normalized spacial score (nSPS) is 12.6. The smallest absolute Gasteiger partial charge is 0.180 e. The van der Waals surface area contributed by atoms with Gasteiger partial charge in [-0.25, -0.2) is 4.39 Å². The SMILES string of the molecule is CC(Cl)C(=O)c1ccc(F)cc1. The monoisotopic (exact) mass is 186 g/mol. The Morgan fingerprint density at radius 1 is 1.42 bits per heavy atom. The Morgan fingerprint density at radius 2 is 1.92 bits per heavy atom. The zero-order valence-corrected chi connectivity index (χ0v) is 7.31. The molecule has 0 bridgehead atoms. The van der Waals surface area contributed by atoms with Crippen LogP contribution in [0.25, 0.3) is 0 Å². The van der Waals surface area contributed by atoms with Crippen molar-refractivity contribution in [3.8, 4) is 0 Å². The lowest BCUT2D eigenvalue weighted by Gasteiger charge is -2.00. The summed E-state index contributed by atoms with van der Waals surface area (Å²) in [6.07, 6.45) is 0. The third-order valence-corrected chi connectivity index (χ3v) is 1.69. The van der Waals surface area contributed by atoms with Gasteiger partial charge in [0.15, 0.2) is 5.78 Å². The predicted molar refractivity (Wildman–Crippen MR) is 46.0 cm³/mol. The molecule has 0 radical (unpaired) electrons. The molecular formula is C9H8ClFO. The lowest BCUT2D eigenvalue weighted by Crippen LogP contribution is -2.09. The van der Waals surface area contributed by atoms with Crippen LogP contribution in [0.1, 0.15) is 17.3 Å². The summed E-state index contributed by atoms with van der Waals surface area (Å²) in [7, 11) is 0. The van der Waals surface area contributed by atoms with E-state index in [1.165, 1.54) is 24.3 Å². The molecule has 0 fully saturated rings. The van der Waals surface area contributed by atoms with Gasteiger partial charge in [-0.2, -0.15) is 0 Å². The first-order chi connectivity index (χ1) is 5.61. The highest BCUT2D eigenvalue weighted by Crippen LogP contribution is 2.08. The van der Waals surface area contributed by atoms with Crippen molar-refractivity contribution in [2.45, 2.75) is 12.3 Å². The van der Waals surface area contributed by atoms with Crippen molar-refractivity contribution in [3.05, 3.63) is 35.6 Å². The van der Waals surface area contributed by atoms with Crippen LogP contribution in [0.5, 0.6) is 0 Å². The van der Waals surface area contributed by atoms with Crippen molar-refractivity contribution >= 4 is 17.4 Å². The zero-order chi connectivity index (χ0) is 9.14. The second-order valence-corrected chi connectivity index (χ2v) is 3.14. The Kier molecular flexibility index (Phi) is 2.82. The molecule has 0 saturated heterocycles. The number of hydrogen-bond donors (Lipinski definition) is 0. The van der Waals surface area contributed by atoms with Crippen LogP contribution in [0, 0.1) is 5.82 Å². The Labute approximate surface area is 75.2 Å². The first-order valence-corrected chi connectivity index (χ1v) is 3.99. The first kappa shape index (κ1) is 9.20. The van der Waals surface area contributed by atoms with Gasteiger partial charge in [0.2, 0.25) is 0 Å². The summed E-state index contributed by atoms with van der Waals surface area (Å²) in [4.78, 5) is 11.2. The van der Waals surface area contributed by atoms with Gasteiger partial charge in [-0.15, -0.1) is 11.6 Å². The maximum Gasteiger partial charge on any atom is 0.180 e. The molecule has 1 aromatic rings. The number of benzene rings is 1. The third-order valence-electron chi connectivity index (χ3n) is 1.49. The molecule has 0 N–H and O–H groups in total. The Hall–Kier alpha value is -0.890. The van der Waals surface area contributed by atoms with E-state index < -0.39 is 5.38 Å². The molecule has 64 valence electrons. The first-order valence-electron chi connectivity index (χ1n) is 3.55. The minimum Gasteiger partial charge on any atom is -0.293 e. The number of ketones is 1. The fourth-order valence-electron chi connectivity index (χ4n) is 0.844. The van der Waals surface area contributed by atoms with E-state index in [-0.39, 0.29) is 11.6 Å². The predicted octanol–water partition coefficient (Wildman–Crippen LogP) is 2.64. The lowest BCUT2D eigenvalue weighted by atomic mass is 10.1. The number of rotatable bonds is 2. The minimum atomic E-state index is -0.560. The van der Waals surface area contributed by atoms with Crippen LogP contribution in [0.3, 0.4) is 0 Å². The van der Waals surface area contributed by atoms with Gasteiger partial charge in [0.1, 0.15) is 5.82 Å². The van der Waals surface area contributed by atoms with Gasteiger partial charge in [0.25, 0.3) is 0 Å². The molecule has 1 rings (SSSR count). The van der Waals surface area contributed by atoms with Crippen LogP contribution >= 0.6 is 11.6 Å². The summed E-state index contributed by atoms with van der Waals surface area (Å²) in [6.45, 7) is 1.59. The van der Waals surface area contributed by atoms with Crippen LogP contribution < -0.4 is 0 Å². The third kappa shape index (κ3) is 2.05. The fraction of sp³-hybridized carbons (Fsp3) is 0.222. The van der Waals surface area contributed by atoms with Gasteiger partial charge in [0, 0.05) is 5.56 Å². The van der Waals surface area contributed by atoms with Crippen LogP contribution in [0.4, 0.5) is 4.39 Å². The minimum absolute atomic E-state index is 0.184. The molecule has 0 amide bonds. The summed E-state index contributed by atoms with van der Waals surface area (Å²) in [5, 5.41) is -0.560. The molecule has 1 aromatic carbocycles. The topological polar surface area (TPSA) is 17.1 Å². The maximum atomic E-state index is 12.4. The zero-order valence-electron chi connectivity index (χ0n) is 6.55. The molecule has 0 aliphatic heterocycles. The van der Waals surface area contributed by atoms with E-state index in [1.807, 2.05) is 0 Å². The van der Waals surface area contributed by atoms with Gasteiger partial charge >= 0.3 is 0 Å². The average molecular weight is 187 g/mol. The van der Waals surface area contributed by atoms with E-state index in [0.29, 0.717) is 5.56 Å². The van der Waals surface area contributed by atoms with Crippen molar-refractivity contribution in [2.24, 2.45) is 0 Å². The van der Waals surface area contributed by atoms with Gasteiger partial charge < -0.3 is 0 Å². The molecule has 0 aromatic heterocycles. The highest BCUT2D eigenvalue weighted by Gasteiger charge is 2.11. The van der Waals surface area contributed by atoms with Gasteiger partial charge in [-0.3, -0.25) is 4.79 Å². The van der Waals surface area contributed by atoms with Gasteiger partial charge in [0.05, 0.1) is 5.38 Å². The largest absolute Gasteiger partial charge is 0.293 e. The molecule has 1 nitrogen and oxygen atoms in total. The van der Waals surface area contributed by atoms with Gasteiger partial charge in [-0.05, 0) is 31.2 Å². The maximum absolute atomic E-state index is 12.4. The number of hydrogen-bond acceptors (Lipinski definition) is 1. The second kappa shape index (κ2) is 3.68. The molecule has 0 aliphatic carbocycles. The molecule has 1 unspecified atom stereocenters. The van der Waals surface area contributed by atoms with Crippen LogP contribution in [0.15, 0.2) is 24.3 Å². The summed E-state index contributed by atoms with van der Waals surface area (Å²) < 4.78 is 12.4. The Morgan fingerprint density at radius 3 is 2.33 bits per heavy atom. The van der Waals surface area contributed by atoms with Crippen LogP contribution in [-0.2, 0) is 0 Å². The molecule has 0 saturated carbocycles. The summed E-state index contributed by atoms with van der Waals surface area (Å²) in [5.74, 6) is -0.537. The average Bonchev–Trinajstić information content (AvgIpc) is 2.04. The van der Waals surface area contributed by atoms with E-state index in [9.17, 15) is 9.18 Å². The Balaban J connectivity index is 2.90. The van der Waals surface area contributed by atoms with Crippen molar-refractivity contribution < 1.29 is 9.18 Å². The van der Waals surface area contributed by atoms with Crippen LogP contribution in [-0.4, -0.2) is 11.2 Å². The standard InChI is InChI=1S/C9H8ClFO/c1-6(10)9(12)7-2-4-8(11)5-3-7/h2-6H,1H3. The quantitative estimate of drug-likeness (QED) is 0.513. The lowest BCUT2D eigenvalue weighted by molar-refractivity contribution is 0.0991. The summed E-state index contributed by atoms with van der Waals surface area (Å²) in [6, 6.07) is 5.34. The van der Waals surface area contributed by atoms with E-state index in [2.05, 4.69) is 0 Å². The molecule has 1 atom stereocenters. The van der Waals surface area contributed by atoms with Crippen LogP contribution in [0.2, 0.25) is 0 Å². The molecule has 0 spiro atoms. The van der Waals surface area contributed by atoms with Gasteiger partial charge in [-0.1, -0.05) is 0 Å². The summed E-state index contributed by atoms with van der Waals surface area (Å²) >= 11 is 5.56. The van der Waals surface area contributed by atoms with E-state index in [4.69, 9.17) is 11.6 Å². The fourth-order valence-corrected chi connectivity index (χ4v) is 0.970. The van der Waals surface area contributed by atoms with Crippen molar-refractivity contribution in [1.29, 1.82) is 0 Å². The molecule has 12 heavy (non-hydrogen) atoms. The molecule has 0 aliphatic rings. The number of carbonyl (C=O) groups excluding carboxylic acids is 1. The number of halogens is 2. The Bertz CT molecular complexity index is 279. The number of alkyl halides is 1. The van der Waals surface area contributed by atoms with Crippen molar-refractivity contribution in [1.82, 2.24) is 0 Å². The highest BCUT2D eigenvalue weighted by molar-refractivity contribution is 6.33. The summed E-state index contributed by atoms with van der Waals surface area (Å²) in [5.41, 5.74) is 0.443. The second-order valence-electron chi connectivity index (χ2n) is 2.49. The van der Waals surface area contributed by atoms with E-state index in [0.717, 1.165) is 0 Å². The van der Waals surface area contributed by atoms with E-state index in [1.54, 1.807) is 6.92 Å². The molecule has 3 heteroatoms. The van der Waals surface area contributed by atoms with Crippen molar-refractivity contribution in [2.75, 3.05) is 0 Å². The molecular weight excluding hydrogens is 179 g/mol. The van der Waals surface area contributed by atoms with E-state index >= 15 is 0 Å². The highest BCUT2D eigenvalue weighted by atomic mass is 35.5.